The van der Waals surface area contributed by atoms with Crippen molar-refractivity contribution in [3.63, 3.8) is 0 Å². The van der Waals surface area contributed by atoms with Crippen molar-refractivity contribution in [3.8, 4) is 0 Å². The zero-order valence-corrected chi connectivity index (χ0v) is 15.1. The predicted octanol–water partition coefficient (Wildman–Crippen LogP) is 4.50. The van der Waals surface area contributed by atoms with Crippen molar-refractivity contribution in [2.45, 2.75) is 19.2 Å². The standard InChI is InChI=1S/C18H18ClN3OS/c1-12-7-8-14(13(19)9-12)21-18(23)10-22-16-6-4-3-5-15(16)20-17(22)11-24-2/h3-9H,10-11H2,1-2H3,(H,21,23). The van der Waals surface area contributed by atoms with Crippen molar-refractivity contribution >= 4 is 46.0 Å². The van der Waals surface area contributed by atoms with Crippen molar-refractivity contribution < 1.29 is 4.79 Å². The first kappa shape index (κ1) is 16.9. The molecule has 0 saturated heterocycles. The van der Waals surface area contributed by atoms with Crippen LogP contribution in [0.15, 0.2) is 42.5 Å². The maximum Gasteiger partial charge on any atom is 0.244 e. The van der Waals surface area contributed by atoms with Gasteiger partial charge in [-0.25, -0.2) is 4.98 Å². The van der Waals surface area contributed by atoms with E-state index in [9.17, 15) is 4.79 Å². The van der Waals surface area contributed by atoms with E-state index in [1.54, 1.807) is 11.8 Å². The number of aryl methyl sites for hydroxylation is 1. The van der Waals surface area contributed by atoms with Gasteiger partial charge < -0.3 is 9.88 Å². The fourth-order valence-electron chi connectivity index (χ4n) is 2.60. The second-order valence-corrected chi connectivity index (χ2v) is 6.84. The summed E-state index contributed by atoms with van der Waals surface area (Å²) in [6.07, 6.45) is 2.02. The van der Waals surface area contributed by atoms with Gasteiger partial charge in [-0.3, -0.25) is 4.79 Å². The van der Waals surface area contributed by atoms with Crippen molar-refractivity contribution in [3.05, 3.63) is 58.9 Å². The van der Waals surface area contributed by atoms with Gasteiger partial charge in [-0.2, -0.15) is 11.8 Å². The lowest BCUT2D eigenvalue weighted by Crippen LogP contribution is -2.20. The Hall–Kier alpha value is -1.98. The number of hydrogen-bond acceptors (Lipinski definition) is 3. The number of rotatable bonds is 5. The SMILES string of the molecule is CSCc1nc2ccccc2n1CC(=O)Nc1ccc(C)cc1Cl. The molecule has 1 heterocycles. The Balaban J connectivity index is 1.85. The molecule has 4 nitrogen and oxygen atoms in total. The molecule has 0 unspecified atom stereocenters. The summed E-state index contributed by atoms with van der Waals surface area (Å²) >= 11 is 7.88. The summed E-state index contributed by atoms with van der Waals surface area (Å²) in [6, 6.07) is 13.4. The molecule has 0 radical (unpaired) electrons. The van der Waals surface area contributed by atoms with Crippen molar-refractivity contribution in [2.24, 2.45) is 0 Å². The molecule has 0 saturated carbocycles. The topological polar surface area (TPSA) is 46.9 Å². The molecule has 2 aromatic carbocycles. The highest BCUT2D eigenvalue weighted by molar-refractivity contribution is 7.97. The molecule has 124 valence electrons. The van der Waals surface area contributed by atoms with Crippen LogP contribution < -0.4 is 5.32 Å². The van der Waals surface area contributed by atoms with E-state index in [0.29, 0.717) is 10.7 Å². The molecule has 0 fully saturated rings. The Labute approximate surface area is 150 Å². The van der Waals surface area contributed by atoms with Gasteiger partial charge in [0, 0.05) is 0 Å². The van der Waals surface area contributed by atoms with Crippen molar-refractivity contribution in [1.82, 2.24) is 9.55 Å². The monoisotopic (exact) mass is 359 g/mol. The predicted molar refractivity (Wildman–Crippen MR) is 102 cm³/mol. The Morgan fingerprint density at radius 1 is 1.29 bits per heavy atom. The maximum atomic E-state index is 12.5. The van der Waals surface area contributed by atoms with E-state index in [1.807, 2.05) is 60.2 Å². The molecule has 0 spiro atoms. The molecule has 0 atom stereocenters. The third kappa shape index (κ3) is 3.57. The Bertz CT molecular complexity index is 891. The summed E-state index contributed by atoms with van der Waals surface area (Å²) < 4.78 is 1.96. The molecule has 0 aliphatic rings. The maximum absolute atomic E-state index is 12.5. The first-order valence-corrected chi connectivity index (χ1v) is 9.34. The van der Waals surface area contributed by atoms with Crippen molar-refractivity contribution in [1.29, 1.82) is 0 Å². The van der Waals surface area contributed by atoms with Gasteiger partial charge in [0.1, 0.15) is 12.4 Å². The number of thioether (sulfide) groups is 1. The van der Waals surface area contributed by atoms with Crippen LogP contribution in [0.4, 0.5) is 5.69 Å². The van der Waals surface area contributed by atoms with Gasteiger partial charge in [-0.15, -0.1) is 0 Å². The first-order chi connectivity index (χ1) is 11.6. The number of benzene rings is 2. The van der Waals surface area contributed by atoms with Gasteiger partial charge in [-0.1, -0.05) is 29.8 Å². The number of halogens is 1. The van der Waals surface area contributed by atoms with Crippen molar-refractivity contribution in [2.75, 3.05) is 11.6 Å². The van der Waals surface area contributed by atoms with E-state index in [2.05, 4.69) is 10.3 Å². The molecule has 6 heteroatoms. The van der Waals surface area contributed by atoms with Gasteiger partial charge in [0.2, 0.25) is 5.91 Å². The smallest absolute Gasteiger partial charge is 0.244 e. The van der Waals surface area contributed by atoms with Crippen LogP contribution in [0.25, 0.3) is 11.0 Å². The van der Waals surface area contributed by atoms with E-state index < -0.39 is 0 Å². The van der Waals surface area contributed by atoms with Crippen LogP contribution in [0, 0.1) is 6.92 Å². The third-order valence-electron chi connectivity index (χ3n) is 3.71. The summed E-state index contributed by atoms with van der Waals surface area (Å²) in [6.45, 7) is 2.17. The highest BCUT2D eigenvalue weighted by Crippen LogP contribution is 2.23. The molecular weight excluding hydrogens is 342 g/mol. The lowest BCUT2D eigenvalue weighted by atomic mass is 10.2. The van der Waals surface area contributed by atoms with Gasteiger partial charge >= 0.3 is 0 Å². The highest BCUT2D eigenvalue weighted by atomic mass is 35.5. The number of carbonyl (C=O) groups is 1. The number of amides is 1. The number of hydrogen-bond donors (Lipinski definition) is 1. The molecular formula is C18H18ClN3OS. The number of nitrogens with one attached hydrogen (secondary N) is 1. The molecule has 1 N–H and O–H groups in total. The Morgan fingerprint density at radius 2 is 2.08 bits per heavy atom. The molecule has 0 aliphatic carbocycles. The van der Waals surface area contributed by atoms with E-state index in [-0.39, 0.29) is 12.5 Å². The fraction of sp³-hybridized carbons (Fsp3) is 0.222. The zero-order valence-electron chi connectivity index (χ0n) is 13.5. The van der Waals surface area contributed by atoms with Crippen LogP contribution in [-0.2, 0) is 17.1 Å². The number of aromatic nitrogens is 2. The van der Waals surface area contributed by atoms with E-state index in [0.717, 1.165) is 28.2 Å². The van der Waals surface area contributed by atoms with Crippen LogP contribution in [0.1, 0.15) is 11.4 Å². The molecule has 3 aromatic rings. The number of nitrogens with zero attached hydrogens (tertiary/aromatic N) is 2. The molecule has 1 aromatic heterocycles. The lowest BCUT2D eigenvalue weighted by molar-refractivity contribution is -0.116. The van der Waals surface area contributed by atoms with Crippen LogP contribution in [0.3, 0.4) is 0 Å². The highest BCUT2D eigenvalue weighted by Gasteiger charge is 2.14. The second-order valence-electron chi connectivity index (χ2n) is 5.57. The normalized spacial score (nSPS) is 11.0. The number of carbonyl (C=O) groups excluding carboxylic acids is 1. The number of fused-ring (bicyclic) bond motifs is 1. The Morgan fingerprint density at radius 3 is 2.83 bits per heavy atom. The average Bonchev–Trinajstić information content (AvgIpc) is 2.88. The summed E-state index contributed by atoms with van der Waals surface area (Å²) in [5.74, 6) is 1.54. The summed E-state index contributed by atoms with van der Waals surface area (Å²) in [5.41, 5.74) is 3.55. The van der Waals surface area contributed by atoms with Gasteiger partial charge in [0.05, 0.1) is 27.5 Å². The molecule has 0 bridgehead atoms. The minimum absolute atomic E-state index is 0.119. The van der Waals surface area contributed by atoms with Crippen LogP contribution >= 0.6 is 23.4 Å². The van der Waals surface area contributed by atoms with Crippen LogP contribution in [-0.4, -0.2) is 21.7 Å². The molecule has 1 amide bonds. The Kier molecular flexibility index (Phi) is 5.11. The minimum atomic E-state index is -0.119. The molecule has 3 rings (SSSR count). The van der Waals surface area contributed by atoms with Gasteiger partial charge in [0.25, 0.3) is 0 Å². The molecule has 24 heavy (non-hydrogen) atoms. The number of imidazole rings is 1. The third-order valence-corrected chi connectivity index (χ3v) is 4.57. The first-order valence-electron chi connectivity index (χ1n) is 7.57. The largest absolute Gasteiger partial charge is 0.323 e. The van der Waals surface area contributed by atoms with E-state index in [4.69, 9.17) is 11.6 Å². The quantitative estimate of drug-likeness (QED) is 0.729. The summed E-state index contributed by atoms with van der Waals surface area (Å²) in [4.78, 5) is 17.1. The summed E-state index contributed by atoms with van der Waals surface area (Å²) in [5, 5.41) is 3.43. The van der Waals surface area contributed by atoms with Crippen LogP contribution in [0.2, 0.25) is 5.02 Å². The molecule has 0 aliphatic heterocycles. The van der Waals surface area contributed by atoms with Gasteiger partial charge in [0.15, 0.2) is 0 Å². The van der Waals surface area contributed by atoms with Gasteiger partial charge in [-0.05, 0) is 43.0 Å². The average molecular weight is 360 g/mol. The summed E-state index contributed by atoms with van der Waals surface area (Å²) in [7, 11) is 0. The number of anilines is 1. The fourth-order valence-corrected chi connectivity index (χ4v) is 3.36. The number of para-hydroxylation sites is 2. The zero-order chi connectivity index (χ0) is 17.1. The van der Waals surface area contributed by atoms with E-state index >= 15 is 0 Å². The second kappa shape index (κ2) is 7.28. The lowest BCUT2D eigenvalue weighted by Gasteiger charge is -2.11. The van der Waals surface area contributed by atoms with E-state index in [1.165, 1.54) is 0 Å². The van der Waals surface area contributed by atoms with Crippen LogP contribution in [0.5, 0.6) is 0 Å². The minimum Gasteiger partial charge on any atom is -0.323 e.